The van der Waals surface area contributed by atoms with Crippen molar-refractivity contribution in [2.24, 2.45) is 5.92 Å². The third-order valence-electron chi connectivity index (χ3n) is 4.20. The van der Waals surface area contributed by atoms with Crippen LogP contribution in [-0.2, 0) is 14.8 Å². The Kier molecular flexibility index (Phi) is 5.23. The summed E-state index contributed by atoms with van der Waals surface area (Å²) in [5.41, 5.74) is 0.665. The molecule has 1 aliphatic heterocycles. The summed E-state index contributed by atoms with van der Waals surface area (Å²) in [6.45, 7) is 0.588. The first kappa shape index (κ1) is 18.3. The van der Waals surface area contributed by atoms with Gasteiger partial charge in [-0.2, -0.15) is 0 Å². The number of benzene rings is 1. The molecule has 26 heavy (non-hydrogen) atoms. The molecule has 1 aliphatic rings. The third kappa shape index (κ3) is 4.20. The standard InChI is InChI=1S/C16H20N4O5S/c1-24-13-7-3-5-11(9-13)15-18-19-16(25-15)17-14(21)12-6-4-8-20(10-12)26(2,22)23/h3,5,7,9,12H,4,6,8,10H2,1-2H3,(H,17,19,21). The molecule has 0 aliphatic carbocycles. The van der Waals surface area contributed by atoms with E-state index in [1.165, 1.54) is 4.31 Å². The van der Waals surface area contributed by atoms with E-state index in [9.17, 15) is 13.2 Å². The molecule has 2 heterocycles. The topological polar surface area (TPSA) is 115 Å². The summed E-state index contributed by atoms with van der Waals surface area (Å²) >= 11 is 0. The number of piperidine rings is 1. The van der Waals surface area contributed by atoms with Crippen LogP contribution >= 0.6 is 0 Å². The highest BCUT2D eigenvalue weighted by molar-refractivity contribution is 7.88. The quantitative estimate of drug-likeness (QED) is 0.833. The number of aromatic nitrogens is 2. The predicted octanol–water partition coefficient (Wildman–Crippen LogP) is 1.36. The van der Waals surface area contributed by atoms with Gasteiger partial charge >= 0.3 is 6.01 Å². The van der Waals surface area contributed by atoms with Crippen molar-refractivity contribution in [1.82, 2.24) is 14.5 Å². The molecule has 0 saturated carbocycles. The number of anilines is 1. The fourth-order valence-electron chi connectivity index (χ4n) is 2.81. The van der Waals surface area contributed by atoms with E-state index < -0.39 is 15.9 Å². The lowest BCUT2D eigenvalue weighted by Gasteiger charge is -2.29. The molecule has 1 aromatic heterocycles. The summed E-state index contributed by atoms with van der Waals surface area (Å²) in [6.07, 6.45) is 2.38. The minimum Gasteiger partial charge on any atom is -0.497 e. The Morgan fingerprint density at radius 2 is 2.19 bits per heavy atom. The van der Waals surface area contributed by atoms with Gasteiger partial charge in [0.2, 0.25) is 21.8 Å². The van der Waals surface area contributed by atoms with Crippen molar-refractivity contribution in [3.63, 3.8) is 0 Å². The second-order valence-electron chi connectivity index (χ2n) is 6.09. The molecule has 10 heteroatoms. The Hall–Kier alpha value is -2.46. The summed E-state index contributed by atoms with van der Waals surface area (Å²) in [5, 5.41) is 10.3. The molecule has 9 nitrogen and oxygen atoms in total. The van der Waals surface area contributed by atoms with Gasteiger partial charge in [-0.15, -0.1) is 5.10 Å². The van der Waals surface area contributed by atoms with E-state index >= 15 is 0 Å². The monoisotopic (exact) mass is 380 g/mol. The van der Waals surface area contributed by atoms with E-state index in [4.69, 9.17) is 9.15 Å². The van der Waals surface area contributed by atoms with E-state index in [0.717, 1.165) is 6.26 Å². The largest absolute Gasteiger partial charge is 0.497 e. The number of sulfonamides is 1. The first-order valence-electron chi connectivity index (χ1n) is 8.11. The molecule has 3 rings (SSSR count). The zero-order chi connectivity index (χ0) is 18.7. The molecule has 140 valence electrons. The van der Waals surface area contributed by atoms with Crippen LogP contribution in [0.15, 0.2) is 28.7 Å². The van der Waals surface area contributed by atoms with Crippen LogP contribution in [0.2, 0.25) is 0 Å². The second kappa shape index (κ2) is 7.42. The first-order valence-corrected chi connectivity index (χ1v) is 9.95. The molecule has 2 aromatic rings. The van der Waals surface area contributed by atoms with Gasteiger partial charge in [0.15, 0.2) is 0 Å². The van der Waals surface area contributed by atoms with Crippen molar-refractivity contribution in [3.05, 3.63) is 24.3 Å². The molecule has 1 fully saturated rings. The Balaban J connectivity index is 1.68. The van der Waals surface area contributed by atoms with E-state index in [2.05, 4.69) is 15.5 Å². The highest BCUT2D eigenvalue weighted by atomic mass is 32.2. The van der Waals surface area contributed by atoms with Crippen LogP contribution in [0.1, 0.15) is 12.8 Å². The molecule has 1 unspecified atom stereocenters. The van der Waals surface area contributed by atoms with Gasteiger partial charge in [0.1, 0.15) is 5.75 Å². The Morgan fingerprint density at radius 3 is 2.92 bits per heavy atom. The van der Waals surface area contributed by atoms with Crippen LogP contribution in [0.3, 0.4) is 0 Å². The van der Waals surface area contributed by atoms with Crippen molar-refractivity contribution in [1.29, 1.82) is 0 Å². The third-order valence-corrected chi connectivity index (χ3v) is 5.47. The predicted molar refractivity (Wildman–Crippen MR) is 94.1 cm³/mol. The lowest BCUT2D eigenvalue weighted by atomic mass is 9.99. The van der Waals surface area contributed by atoms with Gasteiger partial charge < -0.3 is 9.15 Å². The van der Waals surface area contributed by atoms with Gasteiger partial charge in [0.25, 0.3) is 0 Å². The van der Waals surface area contributed by atoms with Gasteiger partial charge in [-0.25, -0.2) is 12.7 Å². The highest BCUT2D eigenvalue weighted by Gasteiger charge is 2.30. The average Bonchev–Trinajstić information content (AvgIpc) is 3.09. The van der Waals surface area contributed by atoms with Crippen molar-refractivity contribution in [3.8, 4) is 17.2 Å². The maximum atomic E-state index is 12.4. The summed E-state index contributed by atoms with van der Waals surface area (Å²) in [6, 6.07) is 7.08. The van der Waals surface area contributed by atoms with Crippen LogP contribution in [-0.4, -0.2) is 55.3 Å². The SMILES string of the molecule is COc1cccc(-c2nnc(NC(=O)C3CCCN(S(C)(=O)=O)C3)o2)c1. The van der Waals surface area contributed by atoms with Gasteiger partial charge in [-0.05, 0) is 31.0 Å². The number of nitrogens with zero attached hydrogens (tertiary/aromatic N) is 3. The minimum absolute atomic E-state index is 0.0238. The molecule has 1 aromatic carbocycles. The van der Waals surface area contributed by atoms with Crippen LogP contribution < -0.4 is 10.1 Å². The van der Waals surface area contributed by atoms with Gasteiger partial charge in [-0.3, -0.25) is 10.1 Å². The van der Waals surface area contributed by atoms with E-state index in [1.807, 2.05) is 0 Å². The molecule has 0 bridgehead atoms. The molecule has 1 amide bonds. The number of rotatable bonds is 5. The summed E-state index contributed by atoms with van der Waals surface area (Å²) in [7, 11) is -1.76. The number of methoxy groups -OCH3 is 1. The summed E-state index contributed by atoms with van der Waals surface area (Å²) in [4.78, 5) is 12.4. The number of amides is 1. The van der Waals surface area contributed by atoms with E-state index in [0.29, 0.717) is 30.7 Å². The molecule has 0 radical (unpaired) electrons. The molecule has 1 saturated heterocycles. The smallest absolute Gasteiger partial charge is 0.322 e. The average molecular weight is 380 g/mol. The fraction of sp³-hybridized carbons (Fsp3) is 0.438. The lowest BCUT2D eigenvalue weighted by molar-refractivity contribution is -0.121. The normalized spacial score (nSPS) is 18.5. The van der Waals surface area contributed by atoms with Gasteiger partial charge in [-0.1, -0.05) is 11.2 Å². The first-order chi connectivity index (χ1) is 12.4. The van der Waals surface area contributed by atoms with E-state index in [-0.39, 0.29) is 24.4 Å². The maximum Gasteiger partial charge on any atom is 0.322 e. The summed E-state index contributed by atoms with van der Waals surface area (Å²) < 4.78 is 35.3. The highest BCUT2D eigenvalue weighted by Crippen LogP contribution is 2.25. The Bertz CT molecular complexity index is 896. The van der Waals surface area contributed by atoms with Crippen molar-refractivity contribution in [2.75, 3.05) is 31.8 Å². The number of carbonyl (C=O) groups excluding carboxylic acids is 1. The van der Waals surface area contributed by atoms with Crippen molar-refractivity contribution >= 4 is 21.9 Å². The fourth-order valence-corrected chi connectivity index (χ4v) is 3.72. The second-order valence-corrected chi connectivity index (χ2v) is 8.08. The lowest BCUT2D eigenvalue weighted by Crippen LogP contribution is -2.43. The number of ether oxygens (including phenoxy) is 1. The minimum atomic E-state index is -3.31. The number of hydrogen-bond donors (Lipinski definition) is 1. The molecular formula is C16H20N4O5S. The Labute approximate surface area is 151 Å². The van der Waals surface area contributed by atoms with Crippen LogP contribution in [0.25, 0.3) is 11.5 Å². The van der Waals surface area contributed by atoms with Gasteiger partial charge in [0, 0.05) is 18.7 Å². The van der Waals surface area contributed by atoms with E-state index in [1.54, 1.807) is 31.4 Å². The zero-order valence-electron chi connectivity index (χ0n) is 14.5. The van der Waals surface area contributed by atoms with Crippen molar-refractivity contribution < 1.29 is 22.4 Å². The van der Waals surface area contributed by atoms with Crippen LogP contribution in [0.4, 0.5) is 6.01 Å². The van der Waals surface area contributed by atoms with Crippen LogP contribution in [0.5, 0.6) is 5.75 Å². The number of nitrogens with one attached hydrogen (secondary N) is 1. The molecule has 1 N–H and O–H groups in total. The van der Waals surface area contributed by atoms with Crippen molar-refractivity contribution in [2.45, 2.75) is 12.8 Å². The van der Waals surface area contributed by atoms with Gasteiger partial charge in [0.05, 0.1) is 19.3 Å². The molecule has 1 atom stereocenters. The molecular weight excluding hydrogens is 360 g/mol. The molecule has 0 spiro atoms. The number of carbonyl (C=O) groups is 1. The maximum absolute atomic E-state index is 12.4. The van der Waals surface area contributed by atoms with Crippen LogP contribution in [0, 0.1) is 5.92 Å². The number of hydrogen-bond acceptors (Lipinski definition) is 7. The Morgan fingerprint density at radius 1 is 1.38 bits per heavy atom. The summed E-state index contributed by atoms with van der Waals surface area (Å²) in [5.74, 6) is 0.111. The zero-order valence-corrected chi connectivity index (χ0v) is 15.3.